The zero-order valence-corrected chi connectivity index (χ0v) is 11.1. The fourth-order valence-electron chi connectivity index (χ4n) is 1.66. The molecule has 1 aromatic heterocycles. The Balaban J connectivity index is 2.35. The van der Waals surface area contributed by atoms with Gasteiger partial charge in [0.1, 0.15) is 9.77 Å². The molecule has 2 rings (SSSR count). The first-order valence-electron chi connectivity index (χ1n) is 5.23. The average Bonchev–Trinajstić information content (AvgIpc) is 2.89. The second-order valence-corrected chi connectivity index (χ2v) is 6.43. The lowest BCUT2D eigenvalue weighted by Crippen LogP contribution is -2.41. The molecule has 0 unspecified atom stereocenters. The molecule has 18 heavy (non-hydrogen) atoms. The van der Waals surface area contributed by atoms with Gasteiger partial charge in [-0.1, -0.05) is 0 Å². The molecule has 1 saturated heterocycles. The maximum Gasteiger partial charge on any atom is 0.276 e. The van der Waals surface area contributed by atoms with Crippen LogP contribution in [0.25, 0.3) is 0 Å². The van der Waals surface area contributed by atoms with Crippen LogP contribution in [-0.2, 0) is 14.8 Å². The summed E-state index contributed by atoms with van der Waals surface area (Å²) in [5, 5.41) is 1.55. The number of hydrogen-bond donors (Lipinski definition) is 2. The SMILES string of the molecule is NNC(=O)c1sccc1S(=O)(=O)N1CCOCC1. The maximum absolute atomic E-state index is 12.3. The molecule has 0 atom stereocenters. The van der Waals surface area contributed by atoms with Crippen LogP contribution < -0.4 is 11.3 Å². The Morgan fingerprint density at radius 1 is 1.44 bits per heavy atom. The number of rotatable bonds is 3. The second-order valence-electron chi connectivity index (χ2n) is 3.60. The second kappa shape index (κ2) is 5.33. The minimum atomic E-state index is -3.66. The molecule has 100 valence electrons. The highest BCUT2D eigenvalue weighted by Gasteiger charge is 2.30. The van der Waals surface area contributed by atoms with Crippen LogP contribution in [0.5, 0.6) is 0 Å². The Labute approximate surface area is 109 Å². The van der Waals surface area contributed by atoms with Gasteiger partial charge in [0.2, 0.25) is 10.0 Å². The lowest BCUT2D eigenvalue weighted by Gasteiger charge is -2.25. The monoisotopic (exact) mass is 291 g/mol. The van der Waals surface area contributed by atoms with Gasteiger partial charge in [0.15, 0.2) is 0 Å². The van der Waals surface area contributed by atoms with E-state index < -0.39 is 15.9 Å². The molecular weight excluding hydrogens is 278 g/mol. The fraction of sp³-hybridized carbons (Fsp3) is 0.444. The summed E-state index contributed by atoms with van der Waals surface area (Å²) < 4.78 is 31.1. The molecule has 3 N–H and O–H groups in total. The summed E-state index contributed by atoms with van der Waals surface area (Å²) in [5.41, 5.74) is 1.95. The van der Waals surface area contributed by atoms with E-state index >= 15 is 0 Å². The first-order valence-corrected chi connectivity index (χ1v) is 7.55. The molecule has 1 fully saturated rings. The van der Waals surface area contributed by atoms with E-state index in [1.54, 1.807) is 5.38 Å². The van der Waals surface area contributed by atoms with E-state index in [0.717, 1.165) is 11.3 Å². The van der Waals surface area contributed by atoms with E-state index in [1.807, 2.05) is 5.43 Å². The summed E-state index contributed by atoms with van der Waals surface area (Å²) >= 11 is 1.04. The minimum absolute atomic E-state index is 0.00245. The smallest absolute Gasteiger partial charge is 0.276 e. The predicted octanol–water partition coefficient (Wildman–Crippen LogP) is -0.627. The molecular formula is C9H13N3O4S2. The Kier molecular flexibility index (Phi) is 3.97. The highest BCUT2D eigenvalue weighted by atomic mass is 32.2. The molecule has 7 nitrogen and oxygen atoms in total. The Morgan fingerprint density at radius 2 is 2.11 bits per heavy atom. The summed E-state index contributed by atoms with van der Waals surface area (Å²) in [6, 6.07) is 1.42. The zero-order chi connectivity index (χ0) is 13.2. The van der Waals surface area contributed by atoms with Crippen molar-refractivity contribution in [3.8, 4) is 0 Å². The van der Waals surface area contributed by atoms with Crippen LogP contribution in [0, 0.1) is 0 Å². The third-order valence-corrected chi connectivity index (χ3v) is 5.54. The lowest BCUT2D eigenvalue weighted by atomic mass is 10.4. The highest BCUT2D eigenvalue weighted by Crippen LogP contribution is 2.25. The van der Waals surface area contributed by atoms with Gasteiger partial charge in [0.05, 0.1) is 13.2 Å². The molecule has 0 radical (unpaired) electrons. The number of hydrogen-bond acceptors (Lipinski definition) is 6. The van der Waals surface area contributed by atoms with Gasteiger partial charge in [0.25, 0.3) is 5.91 Å². The average molecular weight is 291 g/mol. The molecule has 0 bridgehead atoms. The fourth-order valence-corrected chi connectivity index (χ4v) is 4.37. The largest absolute Gasteiger partial charge is 0.379 e. The van der Waals surface area contributed by atoms with Crippen molar-refractivity contribution in [3.63, 3.8) is 0 Å². The van der Waals surface area contributed by atoms with Crippen LogP contribution in [0.4, 0.5) is 0 Å². The molecule has 1 aliphatic heterocycles. The summed E-state index contributed by atoms with van der Waals surface area (Å²) in [6.45, 7) is 1.31. The summed E-state index contributed by atoms with van der Waals surface area (Å²) in [4.78, 5) is 11.6. The molecule has 0 saturated carbocycles. The number of hydrazine groups is 1. The summed E-state index contributed by atoms with van der Waals surface area (Å²) in [5.74, 6) is 4.43. The van der Waals surface area contributed by atoms with E-state index in [1.165, 1.54) is 10.4 Å². The van der Waals surface area contributed by atoms with Crippen molar-refractivity contribution in [2.45, 2.75) is 4.90 Å². The number of thiophene rings is 1. The quantitative estimate of drug-likeness (QED) is 0.439. The van der Waals surface area contributed by atoms with Crippen LogP contribution >= 0.6 is 11.3 Å². The first kappa shape index (κ1) is 13.4. The van der Waals surface area contributed by atoms with Crippen molar-refractivity contribution in [1.82, 2.24) is 9.73 Å². The number of nitrogens with two attached hydrogens (primary N) is 1. The van der Waals surface area contributed by atoms with Crippen LogP contribution in [0.3, 0.4) is 0 Å². The van der Waals surface area contributed by atoms with E-state index in [9.17, 15) is 13.2 Å². The van der Waals surface area contributed by atoms with Crippen LogP contribution in [-0.4, -0.2) is 44.9 Å². The van der Waals surface area contributed by atoms with Gasteiger partial charge >= 0.3 is 0 Å². The van der Waals surface area contributed by atoms with Crippen molar-refractivity contribution in [2.24, 2.45) is 5.84 Å². The molecule has 1 aliphatic rings. The van der Waals surface area contributed by atoms with Gasteiger partial charge in [-0.2, -0.15) is 4.31 Å². The van der Waals surface area contributed by atoms with Crippen LogP contribution in [0.15, 0.2) is 16.3 Å². The van der Waals surface area contributed by atoms with E-state index in [0.29, 0.717) is 26.3 Å². The Morgan fingerprint density at radius 3 is 2.72 bits per heavy atom. The molecule has 9 heteroatoms. The van der Waals surface area contributed by atoms with Gasteiger partial charge in [-0.3, -0.25) is 10.2 Å². The minimum Gasteiger partial charge on any atom is -0.379 e. The number of sulfonamides is 1. The van der Waals surface area contributed by atoms with Crippen molar-refractivity contribution in [3.05, 3.63) is 16.3 Å². The van der Waals surface area contributed by atoms with Crippen LogP contribution in [0.2, 0.25) is 0 Å². The summed E-state index contributed by atoms with van der Waals surface area (Å²) in [6.07, 6.45) is 0. The van der Waals surface area contributed by atoms with Gasteiger partial charge in [-0.05, 0) is 11.4 Å². The number of morpholine rings is 1. The van der Waals surface area contributed by atoms with Crippen molar-refractivity contribution in [1.29, 1.82) is 0 Å². The Bertz CT molecular complexity index is 534. The predicted molar refractivity (Wildman–Crippen MR) is 65.6 cm³/mol. The Hall–Kier alpha value is -1.00. The molecule has 1 amide bonds. The highest BCUT2D eigenvalue weighted by molar-refractivity contribution is 7.89. The van der Waals surface area contributed by atoms with Gasteiger partial charge in [0, 0.05) is 13.1 Å². The molecule has 1 aromatic rings. The number of nitrogen functional groups attached to an aromatic ring is 1. The standard InChI is InChI=1S/C9H13N3O4S2/c10-11-9(13)8-7(1-6-17-8)18(14,15)12-2-4-16-5-3-12/h1,6H,2-5,10H2,(H,11,13). The molecule has 0 spiro atoms. The van der Waals surface area contributed by atoms with E-state index in [-0.39, 0.29) is 9.77 Å². The third kappa shape index (κ3) is 2.40. The first-order chi connectivity index (χ1) is 8.57. The van der Waals surface area contributed by atoms with Crippen molar-refractivity contribution in [2.75, 3.05) is 26.3 Å². The zero-order valence-electron chi connectivity index (χ0n) is 9.46. The van der Waals surface area contributed by atoms with Crippen molar-refractivity contribution < 1.29 is 17.9 Å². The van der Waals surface area contributed by atoms with Gasteiger partial charge in [-0.25, -0.2) is 14.3 Å². The number of carbonyl (C=O) groups is 1. The molecule has 0 aromatic carbocycles. The van der Waals surface area contributed by atoms with Gasteiger partial charge in [-0.15, -0.1) is 11.3 Å². The number of carbonyl (C=O) groups excluding carboxylic acids is 1. The summed E-state index contributed by atoms with van der Waals surface area (Å²) in [7, 11) is -3.66. The van der Waals surface area contributed by atoms with Crippen molar-refractivity contribution >= 4 is 27.3 Å². The van der Waals surface area contributed by atoms with E-state index in [4.69, 9.17) is 10.6 Å². The van der Waals surface area contributed by atoms with Crippen LogP contribution in [0.1, 0.15) is 9.67 Å². The normalized spacial score (nSPS) is 17.6. The van der Waals surface area contributed by atoms with Gasteiger partial charge < -0.3 is 4.74 Å². The lowest BCUT2D eigenvalue weighted by molar-refractivity contribution is 0.0730. The maximum atomic E-state index is 12.3. The number of nitrogens with zero attached hydrogens (tertiary/aromatic N) is 1. The third-order valence-electron chi connectivity index (χ3n) is 2.55. The number of amides is 1. The number of ether oxygens (including phenoxy) is 1. The van der Waals surface area contributed by atoms with E-state index in [2.05, 4.69) is 0 Å². The number of nitrogens with one attached hydrogen (secondary N) is 1. The molecule has 2 heterocycles. The topological polar surface area (TPSA) is 102 Å². The molecule has 0 aliphatic carbocycles.